The normalized spacial score (nSPS) is 11.2. The maximum absolute atomic E-state index is 5.14. The molecule has 0 saturated carbocycles. The molecule has 0 aliphatic carbocycles. The molecule has 9 rings (SSSR count). The molecule has 7 aromatic carbocycles. The van der Waals surface area contributed by atoms with Gasteiger partial charge in [-0.25, -0.2) is 15.0 Å². The van der Waals surface area contributed by atoms with Crippen molar-refractivity contribution in [3.05, 3.63) is 188 Å². The van der Waals surface area contributed by atoms with Gasteiger partial charge in [0.05, 0.1) is 22.6 Å². The van der Waals surface area contributed by atoms with E-state index in [-0.39, 0.29) is 0 Å². The molecule has 0 atom stereocenters. The second kappa shape index (κ2) is 12.7. The first kappa shape index (κ1) is 29.4. The fraction of sp³-hybridized carbons (Fsp3) is 0. The first-order valence-electron chi connectivity index (χ1n) is 16.9. The van der Waals surface area contributed by atoms with E-state index >= 15 is 0 Å². The smallest absolute Gasteiger partial charge is 0.160 e. The van der Waals surface area contributed by atoms with Gasteiger partial charge in [0.1, 0.15) is 0 Å². The first-order chi connectivity index (χ1) is 24.8. The molecule has 3 heteroatoms. The summed E-state index contributed by atoms with van der Waals surface area (Å²) in [4.78, 5) is 15.1. The van der Waals surface area contributed by atoms with Crippen LogP contribution in [0.25, 0.3) is 89.1 Å². The predicted octanol–water partition coefficient (Wildman–Crippen LogP) is 12.2. The quantitative estimate of drug-likeness (QED) is 0.170. The molecule has 0 aliphatic rings. The van der Waals surface area contributed by atoms with Gasteiger partial charge in [-0.1, -0.05) is 170 Å². The molecule has 0 aliphatic heterocycles. The number of para-hydroxylation sites is 1. The topological polar surface area (TPSA) is 38.7 Å². The third kappa shape index (κ3) is 5.51. The maximum atomic E-state index is 5.14. The monoisotopic (exact) mass is 637 g/mol. The Bertz CT molecular complexity index is 2560. The van der Waals surface area contributed by atoms with Gasteiger partial charge in [0.15, 0.2) is 5.82 Å². The van der Waals surface area contributed by atoms with Crippen LogP contribution in [0.2, 0.25) is 0 Å². The molecule has 2 aromatic heterocycles. The van der Waals surface area contributed by atoms with Crippen LogP contribution in [0.4, 0.5) is 0 Å². The van der Waals surface area contributed by atoms with Crippen LogP contribution in [0.1, 0.15) is 0 Å². The highest BCUT2D eigenvalue weighted by Crippen LogP contribution is 2.39. The lowest BCUT2D eigenvalue weighted by molar-refractivity contribution is 1.18. The minimum atomic E-state index is 0.715. The lowest BCUT2D eigenvalue weighted by atomic mass is 9.91. The summed E-state index contributed by atoms with van der Waals surface area (Å²) in [7, 11) is 0. The van der Waals surface area contributed by atoms with Crippen molar-refractivity contribution >= 4 is 21.7 Å². The standard InChI is InChI=1S/C47H31N3/c1-4-14-33(15-5-1)43-31-44(50-47(49-43)36-18-8-3-9-19-36)34-28-26-32(27-29-34)37-20-12-21-38(30-37)39-23-13-24-41-45(39)40-22-10-11-25-42(40)48-46(41)35-16-6-2-7-17-35/h1-31H. The third-order valence-electron chi connectivity index (χ3n) is 9.29. The average molecular weight is 638 g/mol. The van der Waals surface area contributed by atoms with Gasteiger partial charge in [-0.3, -0.25) is 0 Å². The van der Waals surface area contributed by atoms with Crippen LogP contribution in [0.5, 0.6) is 0 Å². The zero-order valence-electron chi connectivity index (χ0n) is 27.2. The molecule has 3 nitrogen and oxygen atoms in total. The summed E-state index contributed by atoms with van der Waals surface area (Å²) in [6.07, 6.45) is 0. The molecule has 50 heavy (non-hydrogen) atoms. The van der Waals surface area contributed by atoms with Crippen molar-refractivity contribution in [1.82, 2.24) is 15.0 Å². The van der Waals surface area contributed by atoms with Crippen LogP contribution < -0.4 is 0 Å². The van der Waals surface area contributed by atoms with Gasteiger partial charge >= 0.3 is 0 Å². The second-order valence-electron chi connectivity index (χ2n) is 12.4. The van der Waals surface area contributed by atoms with Crippen LogP contribution in [-0.2, 0) is 0 Å². The van der Waals surface area contributed by atoms with E-state index in [9.17, 15) is 0 Å². The van der Waals surface area contributed by atoms with Crippen LogP contribution in [0, 0.1) is 0 Å². The van der Waals surface area contributed by atoms with Crippen LogP contribution in [0.15, 0.2) is 188 Å². The molecule has 0 spiro atoms. The Balaban J connectivity index is 1.12. The number of nitrogens with zero attached hydrogens (tertiary/aromatic N) is 3. The average Bonchev–Trinajstić information content (AvgIpc) is 3.21. The van der Waals surface area contributed by atoms with Crippen LogP contribution in [0.3, 0.4) is 0 Å². The van der Waals surface area contributed by atoms with Gasteiger partial charge in [-0.15, -0.1) is 0 Å². The number of hydrogen-bond donors (Lipinski definition) is 0. The third-order valence-corrected chi connectivity index (χ3v) is 9.29. The molecule has 0 bridgehead atoms. The Morgan fingerprint density at radius 1 is 0.300 bits per heavy atom. The van der Waals surface area contributed by atoms with Crippen LogP contribution in [-0.4, -0.2) is 15.0 Å². The van der Waals surface area contributed by atoms with E-state index in [2.05, 4.69) is 146 Å². The Hall–Kier alpha value is -6.71. The van der Waals surface area contributed by atoms with Crippen molar-refractivity contribution in [2.75, 3.05) is 0 Å². The van der Waals surface area contributed by atoms with Crippen molar-refractivity contribution in [2.45, 2.75) is 0 Å². The van der Waals surface area contributed by atoms with Crippen molar-refractivity contribution in [3.8, 4) is 67.4 Å². The summed E-state index contributed by atoms with van der Waals surface area (Å²) >= 11 is 0. The van der Waals surface area contributed by atoms with Gasteiger partial charge in [-0.2, -0.15) is 0 Å². The summed E-state index contributed by atoms with van der Waals surface area (Å²) in [5.41, 5.74) is 12.7. The number of hydrogen-bond acceptors (Lipinski definition) is 3. The molecule has 234 valence electrons. The van der Waals surface area contributed by atoms with Gasteiger partial charge < -0.3 is 0 Å². The van der Waals surface area contributed by atoms with E-state index in [0.29, 0.717) is 5.82 Å². The zero-order valence-corrected chi connectivity index (χ0v) is 27.2. The van der Waals surface area contributed by atoms with E-state index in [1.807, 2.05) is 42.5 Å². The SMILES string of the molecule is c1ccc(-c2cc(-c3ccc(-c4cccc(-c5cccc6c(-c7ccccc7)nc7ccccc7c56)c4)cc3)nc(-c3ccccc3)n2)cc1. The number of aromatic nitrogens is 3. The van der Waals surface area contributed by atoms with E-state index in [4.69, 9.17) is 15.0 Å². The molecule has 0 fully saturated rings. The first-order valence-corrected chi connectivity index (χ1v) is 16.9. The summed E-state index contributed by atoms with van der Waals surface area (Å²) < 4.78 is 0. The molecule has 0 radical (unpaired) electrons. The molecule has 0 amide bonds. The van der Waals surface area contributed by atoms with E-state index in [1.165, 1.54) is 16.5 Å². The lowest BCUT2D eigenvalue weighted by Gasteiger charge is -2.15. The van der Waals surface area contributed by atoms with Crippen molar-refractivity contribution < 1.29 is 0 Å². The Morgan fingerprint density at radius 2 is 0.820 bits per heavy atom. The Labute approximate surface area is 291 Å². The lowest BCUT2D eigenvalue weighted by Crippen LogP contribution is -1.95. The van der Waals surface area contributed by atoms with Gasteiger partial charge in [0.2, 0.25) is 0 Å². The molecular weight excluding hydrogens is 607 g/mol. The Kier molecular flexibility index (Phi) is 7.49. The van der Waals surface area contributed by atoms with E-state index in [0.717, 1.165) is 66.8 Å². The van der Waals surface area contributed by atoms with E-state index in [1.54, 1.807) is 0 Å². The van der Waals surface area contributed by atoms with Gasteiger partial charge in [-0.05, 0) is 40.5 Å². The molecule has 2 heterocycles. The summed E-state index contributed by atoms with van der Waals surface area (Å²) in [6, 6.07) is 65.6. The number of pyridine rings is 1. The molecule has 9 aromatic rings. The highest BCUT2D eigenvalue weighted by Gasteiger charge is 2.15. The molecule has 0 unspecified atom stereocenters. The summed E-state index contributed by atoms with van der Waals surface area (Å²) in [5.74, 6) is 0.715. The van der Waals surface area contributed by atoms with Crippen LogP contribution >= 0.6 is 0 Å². The predicted molar refractivity (Wildman–Crippen MR) is 207 cm³/mol. The molecule has 0 saturated heterocycles. The highest BCUT2D eigenvalue weighted by atomic mass is 14.9. The maximum Gasteiger partial charge on any atom is 0.160 e. The molecular formula is C47H31N3. The number of rotatable bonds is 6. The fourth-order valence-corrected chi connectivity index (χ4v) is 6.83. The largest absolute Gasteiger partial charge is 0.247 e. The molecule has 0 N–H and O–H groups in total. The summed E-state index contributed by atoms with van der Waals surface area (Å²) in [6.45, 7) is 0. The van der Waals surface area contributed by atoms with E-state index < -0.39 is 0 Å². The van der Waals surface area contributed by atoms with Gasteiger partial charge in [0, 0.05) is 38.4 Å². The zero-order chi connectivity index (χ0) is 33.3. The van der Waals surface area contributed by atoms with Crippen molar-refractivity contribution in [2.24, 2.45) is 0 Å². The highest BCUT2D eigenvalue weighted by molar-refractivity contribution is 6.17. The summed E-state index contributed by atoms with van der Waals surface area (Å²) in [5, 5.41) is 3.52. The second-order valence-corrected chi connectivity index (χ2v) is 12.4. The minimum Gasteiger partial charge on any atom is -0.247 e. The minimum absolute atomic E-state index is 0.715. The number of fused-ring (bicyclic) bond motifs is 3. The Morgan fingerprint density at radius 3 is 1.54 bits per heavy atom. The fourth-order valence-electron chi connectivity index (χ4n) is 6.83. The van der Waals surface area contributed by atoms with Crippen molar-refractivity contribution in [3.63, 3.8) is 0 Å². The number of benzene rings is 7. The van der Waals surface area contributed by atoms with Gasteiger partial charge in [0.25, 0.3) is 0 Å². The van der Waals surface area contributed by atoms with Crippen molar-refractivity contribution in [1.29, 1.82) is 0 Å².